The number of carboxylic acid groups (broad SMARTS) is 1. The summed E-state index contributed by atoms with van der Waals surface area (Å²) in [7, 11) is 0. The van der Waals surface area contributed by atoms with Gasteiger partial charge in [-0.15, -0.1) is 0 Å². The second-order valence-corrected chi connectivity index (χ2v) is 9.60. The first kappa shape index (κ1) is 21.5. The Morgan fingerprint density at radius 2 is 2.03 bits per heavy atom. The molecule has 0 unspecified atom stereocenters. The third kappa shape index (κ3) is 4.22. The van der Waals surface area contributed by atoms with E-state index in [0.29, 0.717) is 22.9 Å². The molecule has 2 aliphatic rings. The number of thioether (sulfide) groups is 1. The minimum absolute atomic E-state index is 0.164. The lowest BCUT2D eigenvalue weighted by Crippen LogP contribution is -2.36. The molecule has 31 heavy (non-hydrogen) atoms. The number of aliphatic carboxylic acids is 1. The molecule has 2 saturated heterocycles. The zero-order chi connectivity index (χ0) is 22.3. The molecule has 2 aliphatic heterocycles. The number of pyridine rings is 1. The highest BCUT2D eigenvalue weighted by atomic mass is 32.2. The summed E-state index contributed by atoms with van der Waals surface area (Å²) in [6, 6.07) is 3.71. The van der Waals surface area contributed by atoms with Crippen molar-refractivity contribution in [2.45, 2.75) is 26.7 Å². The lowest BCUT2D eigenvalue weighted by molar-refractivity contribution is -0.140. The van der Waals surface area contributed by atoms with Gasteiger partial charge >= 0.3 is 5.97 Å². The van der Waals surface area contributed by atoms with Crippen molar-refractivity contribution in [2.75, 3.05) is 24.5 Å². The van der Waals surface area contributed by atoms with Crippen LogP contribution in [-0.2, 0) is 9.59 Å². The van der Waals surface area contributed by atoms with Gasteiger partial charge in [0.1, 0.15) is 22.3 Å². The molecule has 4 heterocycles. The number of aromatic nitrogens is 2. The summed E-state index contributed by atoms with van der Waals surface area (Å²) in [6.45, 7) is 5.14. The normalized spacial score (nSPS) is 19.1. The molecule has 2 fully saturated rings. The average Bonchev–Trinajstić information content (AvgIpc) is 2.98. The Balaban J connectivity index is 1.84. The van der Waals surface area contributed by atoms with E-state index in [1.54, 1.807) is 6.20 Å². The van der Waals surface area contributed by atoms with E-state index in [4.69, 9.17) is 22.3 Å². The van der Waals surface area contributed by atoms with E-state index in [-0.39, 0.29) is 14.8 Å². The van der Waals surface area contributed by atoms with Crippen molar-refractivity contribution >= 4 is 57.7 Å². The van der Waals surface area contributed by atoms with E-state index < -0.39 is 18.4 Å². The maximum Gasteiger partial charge on any atom is 0.323 e. The summed E-state index contributed by atoms with van der Waals surface area (Å²) in [6.07, 6.45) is 5.22. The zero-order valence-electron chi connectivity index (χ0n) is 17.2. The molecule has 0 saturated carbocycles. The first-order chi connectivity index (χ1) is 14.7. The van der Waals surface area contributed by atoms with Crippen LogP contribution < -0.4 is 10.5 Å². The fourth-order valence-corrected chi connectivity index (χ4v) is 4.97. The minimum atomic E-state index is -1.15. The van der Waals surface area contributed by atoms with E-state index >= 15 is 0 Å². The zero-order valence-corrected chi connectivity index (χ0v) is 18.8. The number of anilines is 1. The number of hydrogen-bond donors (Lipinski definition) is 1. The first-order valence-corrected chi connectivity index (χ1v) is 11.2. The van der Waals surface area contributed by atoms with Gasteiger partial charge in [0.15, 0.2) is 0 Å². The van der Waals surface area contributed by atoms with Gasteiger partial charge in [-0.25, -0.2) is 4.98 Å². The van der Waals surface area contributed by atoms with E-state index in [1.165, 1.54) is 10.5 Å². The maximum absolute atomic E-state index is 13.4. The molecule has 0 aromatic carbocycles. The van der Waals surface area contributed by atoms with Crippen LogP contribution in [0.2, 0.25) is 0 Å². The summed E-state index contributed by atoms with van der Waals surface area (Å²) in [5.41, 5.74) is 1.49. The average molecular weight is 459 g/mol. The molecule has 0 aliphatic carbocycles. The Hall–Kier alpha value is -2.72. The maximum atomic E-state index is 13.4. The van der Waals surface area contributed by atoms with Gasteiger partial charge in [-0.3, -0.25) is 23.7 Å². The van der Waals surface area contributed by atoms with Gasteiger partial charge in [-0.05, 0) is 43.4 Å². The van der Waals surface area contributed by atoms with Crippen molar-refractivity contribution in [1.82, 2.24) is 14.3 Å². The molecule has 0 radical (unpaired) electrons. The number of piperidine rings is 1. The van der Waals surface area contributed by atoms with Crippen molar-refractivity contribution in [3.05, 3.63) is 44.7 Å². The van der Waals surface area contributed by atoms with E-state index in [2.05, 4.69) is 11.8 Å². The van der Waals surface area contributed by atoms with Gasteiger partial charge in [-0.2, -0.15) is 0 Å². The Kier molecular flexibility index (Phi) is 5.85. The molecule has 8 nitrogen and oxygen atoms in total. The number of nitrogens with zero attached hydrogens (tertiary/aromatic N) is 4. The molecule has 1 N–H and O–H groups in total. The van der Waals surface area contributed by atoms with Crippen molar-refractivity contribution in [3.8, 4) is 0 Å². The number of carbonyl (C=O) groups is 2. The van der Waals surface area contributed by atoms with E-state index in [0.717, 1.165) is 48.2 Å². The highest BCUT2D eigenvalue weighted by molar-refractivity contribution is 8.26. The van der Waals surface area contributed by atoms with Crippen LogP contribution in [0.4, 0.5) is 5.82 Å². The predicted molar refractivity (Wildman–Crippen MR) is 124 cm³/mol. The second-order valence-electron chi connectivity index (χ2n) is 7.92. The third-order valence-electron chi connectivity index (χ3n) is 5.51. The lowest BCUT2D eigenvalue weighted by atomic mass is 9.99. The van der Waals surface area contributed by atoms with Crippen molar-refractivity contribution in [2.24, 2.45) is 5.92 Å². The Morgan fingerprint density at radius 3 is 2.71 bits per heavy atom. The number of aryl methyl sites for hydroxylation is 1. The topological polar surface area (TPSA) is 95.2 Å². The number of amides is 1. The van der Waals surface area contributed by atoms with E-state index in [1.807, 2.05) is 19.1 Å². The summed E-state index contributed by atoms with van der Waals surface area (Å²) in [5.74, 6) is -0.506. The van der Waals surface area contributed by atoms with Crippen LogP contribution in [0.3, 0.4) is 0 Å². The number of hydrogen-bond acceptors (Lipinski definition) is 7. The van der Waals surface area contributed by atoms with Gasteiger partial charge in [0.05, 0.1) is 10.5 Å². The van der Waals surface area contributed by atoms with Crippen LogP contribution in [0.25, 0.3) is 11.7 Å². The fraction of sp³-hybridized carbons (Fsp3) is 0.381. The summed E-state index contributed by atoms with van der Waals surface area (Å²) in [5, 5.41) is 9.06. The van der Waals surface area contributed by atoms with Crippen LogP contribution in [0.15, 0.2) is 28.0 Å². The minimum Gasteiger partial charge on any atom is -0.480 e. The molecule has 0 bridgehead atoms. The Labute approximate surface area is 188 Å². The number of thiocarbonyl (C=S) groups is 1. The van der Waals surface area contributed by atoms with Gasteiger partial charge in [0.2, 0.25) is 0 Å². The van der Waals surface area contributed by atoms with Crippen molar-refractivity contribution in [3.63, 3.8) is 0 Å². The number of carbonyl (C=O) groups excluding carboxylic acids is 1. The van der Waals surface area contributed by atoms with Crippen molar-refractivity contribution < 1.29 is 14.7 Å². The smallest absolute Gasteiger partial charge is 0.323 e. The second kappa shape index (κ2) is 8.43. The van der Waals surface area contributed by atoms with Gasteiger partial charge < -0.3 is 10.0 Å². The monoisotopic (exact) mass is 458 g/mol. The SMILES string of the molecule is Cc1ccc2nc(N3CCC(C)CC3)c(C=C3SC(=S)N(CC(=O)O)C3=O)c(=O)n2c1. The molecule has 4 rings (SSSR count). The molecular weight excluding hydrogens is 436 g/mol. The first-order valence-electron chi connectivity index (χ1n) is 9.99. The van der Waals surface area contributed by atoms with Crippen LogP contribution in [-0.4, -0.2) is 55.2 Å². The molecule has 0 spiro atoms. The van der Waals surface area contributed by atoms with Gasteiger partial charge in [-0.1, -0.05) is 37.0 Å². The van der Waals surface area contributed by atoms with Gasteiger partial charge in [0.25, 0.3) is 11.5 Å². The summed E-state index contributed by atoms with van der Waals surface area (Å²) in [4.78, 5) is 45.4. The van der Waals surface area contributed by atoms with Crippen LogP contribution in [0, 0.1) is 12.8 Å². The molecule has 10 heteroatoms. The number of rotatable bonds is 4. The van der Waals surface area contributed by atoms with Crippen LogP contribution >= 0.6 is 24.0 Å². The Morgan fingerprint density at radius 1 is 1.32 bits per heavy atom. The quantitative estimate of drug-likeness (QED) is 0.552. The lowest BCUT2D eigenvalue weighted by Gasteiger charge is -2.32. The molecule has 2 aromatic heterocycles. The van der Waals surface area contributed by atoms with Crippen LogP contribution in [0.5, 0.6) is 0 Å². The molecule has 0 atom stereocenters. The summed E-state index contributed by atoms with van der Waals surface area (Å²) < 4.78 is 1.64. The largest absolute Gasteiger partial charge is 0.480 e. The highest BCUT2D eigenvalue weighted by Crippen LogP contribution is 2.34. The predicted octanol–water partition coefficient (Wildman–Crippen LogP) is 2.53. The third-order valence-corrected chi connectivity index (χ3v) is 6.89. The molecular formula is C21H22N4O4S2. The summed E-state index contributed by atoms with van der Waals surface area (Å²) >= 11 is 6.18. The highest BCUT2D eigenvalue weighted by Gasteiger charge is 2.34. The van der Waals surface area contributed by atoms with Gasteiger partial charge in [0, 0.05) is 19.3 Å². The molecule has 2 aromatic rings. The van der Waals surface area contributed by atoms with Crippen molar-refractivity contribution in [1.29, 1.82) is 0 Å². The Bertz CT molecular complexity index is 1180. The number of carboxylic acids is 1. The number of fused-ring (bicyclic) bond motifs is 1. The molecule has 162 valence electrons. The fourth-order valence-electron chi connectivity index (χ4n) is 3.74. The van der Waals surface area contributed by atoms with Crippen LogP contribution in [0.1, 0.15) is 30.9 Å². The van der Waals surface area contributed by atoms with E-state index in [9.17, 15) is 14.4 Å². The molecule has 1 amide bonds. The standard InChI is InChI=1S/C21H22N4O4S2/c1-12-5-7-23(8-6-12)18-14(19(28)24-10-13(2)3-4-16(24)22-18)9-15-20(29)25(11-17(26)27)21(30)31-15/h3-4,9-10,12H,5-8,11H2,1-2H3,(H,26,27).